The number of carbonyl (C=O) groups is 1. The van der Waals surface area contributed by atoms with E-state index in [4.69, 9.17) is 0 Å². The van der Waals surface area contributed by atoms with Crippen LogP contribution in [0.5, 0.6) is 0 Å². The summed E-state index contributed by atoms with van der Waals surface area (Å²) in [7, 11) is 0. The SMILES string of the molecule is CCc1cc(C(=O)N2CC[C@@H](C)[C@H](c3cc(C(F)F)nc4ncnn34)C2)cc(C)n1. The average Bonchev–Trinajstić information content (AvgIpc) is 3.21. The van der Waals surface area contributed by atoms with Gasteiger partial charge in [0.2, 0.25) is 0 Å². The van der Waals surface area contributed by atoms with Gasteiger partial charge in [0.05, 0.1) is 5.69 Å². The number of aromatic nitrogens is 5. The van der Waals surface area contributed by atoms with Gasteiger partial charge in [0.1, 0.15) is 12.0 Å². The Balaban J connectivity index is 1.68. The summed E-state index contributed by atoms with van der Waals surface area (Å²) in [6.45, 7) is 6.99. The van der Waals surface area contributed by atoms with Gasteiger partial charge < -0.3 is 4.90 Å². The van der Waals surface area contributed by atoms with E-state index >= 15 is 0 Å². The highest BCUT2D eigenvalue weighted by atomic mass is 19.3. The summed E-state index contributed by atoms with van der Waals surface area (Å²) in [5, 5.41) is 4.18. The largest absolute Gasteiger partial charge is 0.338 e. The number of likely N-dealkylation sites (tertiary alicyclic amines) is 1. The second-order valence-electron chi connectivity index (χ2n) is 7.84. The van der Waals surface area contributed by atoms with Crippen LogP contribution in [0, 0.1) is 12.8 Å². The van der Waals surface area contributed by atoms with E-state index < -0.39 is 6.43 Å². The number of aryl methyl sites for hydroxylation is 2. The number of rotatable bonds is 4. The first-order chi connectivity index (χ1) is 14.4. The van der Waals surface area contributed by atoms with E-state index in [0.29, 0.717) is 24.3 Å². The zero-order chi connectivity index (χ0) is 21.4. The number of hydrogen-bond acceptors (Lipinski definition) is 5. The molecule has 0 aromatic carbocycles. The van der Waals surface area contributed by atoms with Crippen molar-refractivity contribution in [2.45, 2.75) is 46.0 Å². The lowest BCUT2D eigenvalue weighted by Crippen LogP contribution is -2.42. The van der Waals surface area contributed by atoms with Gasteiger partial charge in [0.15, 0.2) is 0 Å². The molecule has 4 heterocycles. The van der Waals surface area contributed by atoms with Crippen molar-refractivity contribution in [3.63, 3.8) is 0 Å². The molecule has 7 nitrogen and oxygen atoms in total. The van der Waals surface area contributed by atoms with Gasteiger partial charge in [0.25, 0.3) is 18.1 Å². The lowest BCUT2D eigenvalue weighted by molar-refractivity contribution is 0.0665. The molecule has 0 saturated carbocycles. The van der Waals surface area contributed by atoms with E-state index in [9.17, 15) is 13.6 Å². The molecular weight excluding hydrogens is 390 g/mol. The number of carbonyl (C=O) groups excluding carboxylic acids is 1. The van der Waals surface area contributed by atoms with Crippen molar-refractivity contribution in [3.05, 3.63) is 52.9 Å². The number of alkyl halides is 2. The zero-order valence-corrected chi connectivity index (χ0v) is 17.2. The second-order valence-corrected chi connectivity index (χ2v) is 7.84. The summed E-state index contributed by atoms with van der Waals surface area (Å²) in [6.07, 6.45) is 0.126. The molecule has 0 bridgehead atoms. The van der Waals surface area contributed by atoms with Gasteiger partial charge in [-0.05, 0) is 43.9 Å². The maximum atomic E-state index is 13.4. The van der Waals surface area contributed by atoms with E-state index in [0.717, 1.165) is 24.2 Å². The molecule has 1 fully saturated rings. The normalized spacial score (nSPS) is 19.6. The molecule has 9 heteroatoms. The maximum absolute atomic E-state index is 13.4. The fourth-order valence-electron chi connectivity index (χ4n) is 4.09. The quantitative estimate of drug-likeness (QED) is 0.652. The number of piperidine rings is 1. The van der Waals surface area contributed by atoms with Crippen LogP contribution in [0.4, 0.5) is 8.78 Å². The molecular formula is C21H24F2N6O. The summed E-state index contributed by atoms with van der Waals surface area (Å²) in [5.74, 6) is 0.126. The number of amides is 1. The summed E-state index contributed by atoms with van der Waals surface area (Å²) >= 11 is 0. The molecule has 1 aliphatic rings. The molecule has 3 aromatic rings. The Kier molecular flexibility index (Phi) is 5.44. The highest BCUT2D eigenvalue weighted by molar-refractivity contribution is 5.94. The van der Waals surface area contributed by atoms with Crippen LogP contribution in [0.25, 0.3) is 5.78 Å². The smallest absolute Gasteiger partial charge is 0.280 e. The van der Waals surface area contributed by atoms with Gasteiger partial charge in [0, 0.05) is 36.0 Å². The molecule has 0 N–H and O–H groups in total. The Hall–Kier alpha value is -2.97. The van der Waals surface area contributed by atoms with Gasteiger partial charge in [-0.25, -0.2) is 18.3 Å². The monoisotopic (exact) mass is 414 g/mol. The minimum absolute atomic E-state index is 0.0647. The summed E-state index contributed by atoms with van der Waals surface area (Å²) in [6, 6.07) is 5.03. The van der Waals surface area contributed by atoms with Gasteiger partial charge in [-0.1, -0.05) is 13.8 Å². The Labute approximate surface area is 173 Å². The molecule has 1 saturated heterocycles. The molecule has 3 aromatic heterocycles. The first-order valence-corrected chi connectivity index (χ1v) is 10.1. The van der Waals surface area contributed by atoms with Crippen LogP contribution in [0.1, 0.15) is 65.7 Å². The van der Waals surface area contributed by atoms with Crippen LogP contribution in [-0.2, 0) is 6.42 Å². The van der Waals surface area contributed by atoms with Gasteiger partial charge >= 0.3 is 0 Å². The lowest BCUT2D eigenvalue weighted by atomic mass is 9.84. The predicted octanol–water partition coefficient (Wildman–Crippen LogP) is 3.59. The third-order valence-electron chi connectivity index (χ3n) is 5.76. The van der Waals surface area contributed by atoms with Crippen LogP contribution in [0.3, 0.4) is 0 Å². The Bertz CT molecular complexity index is 1080. The van der Waals surface area contributed by atoms with E-state index in [2.05, 4.69) is 27.0 Å². The van der Waals surface area contributed by atoms with Gasteiger partial charge in [-0.15, -0.1) is 0 Å². The standard InChI is InChI=1S/C21H24F2N6O/c1-4-15-8-14(7-13(3)26-15)20(30)28-6-5-12(2)16(10-28)18-9-17(19(22)23)27-21-24-11-25-29(18)21/h7-9,11-12,16,19H,4-6,10H2,1-3H3/t12-,16-/m1/s1. The van der Waals surface area contributed by atoms with Crippen LogP contribution in [0.2, 0.25) is 0 Å². The topological polar surface area (TPSA) is 76.3 Å². The highest BCUT2D eigenvalue weighted by Crippen LogP contribution is 2.34. The third kappa shape index (κ3) is 3.76. The van der Waals surface area contributed by atoms with Crippen molar-refractivity contribution in [2.24, 2.45) is 5.92 Å². The first-order valence-electron chi connectivity index (χ1n) is 10.1. The van der Waals surface area contributed by atoms with Crippen molar-refractivity contribution in [1.82, 2.24) is 29.5 Å². The molecule has 0 spiro atoms. The van der Waals surface area contributed by atoms with E-state index in [1.807, 2.05) is 19.9 Å². The number of halogens is 2. The third-order valence-corrected chi connectivity index (χ3v) is 5.76. The van der Waals surface area contributed by atoms with E-state index in [-0.39, 0.29) is 29.2 Å². The molecule has 0 aliphatic carbocycles. The summed E-state index contributed by atoms with van der Waals surface area (Å²) in [5.41, 5.74) is 2.58. The predicted molar refractivity (Wildman–Crippen MR) is 107 cm³/mol. The molecule has 1 amide bonds. The van der Waals surface area contributed by atoms with Crippen LogP contribution in [-0.4, -0.2) is 48.5 Å². The average molecular weight is 414 g/mol. The minimum Gasteiger partial charge on any atom is -0.338 e. The Morgan fingerprint density at radius 1 is 1.27 bits per heavy atom. The molecule has 2 atom stereocenters. The van der Waals surface area contributed by atoms with Crippen LogP contribution >= 0.6 is 0 Å². The number of pyridine rings is 1. The zero-order valence-electron chi connectivity index (χ0n) is 17.2. The number of fused-ring (bicyclic) bond motifs is 1. The fraction of sp³-hybridized carbons (Fsp3) is 0.476. The summed E-state index contributed by atoms with van der Waals surface area (Å²) in [4.78, 5) is 27.4. The molecule has 4 rings (SSSR count). The van der Waals surface area contributed by atoms with E-state index in [1.54, 1.807) is 11.0 Å². The molecule has 158 valence electrons. The first kappa shape index (κ1) is 20.3. The van der Waals surface area contributed by atoms with Crippen molar-refractivity contribution < 1.29 is 13.6 Å². The molecule has 0 radical (unpaired) electrons. The Morgan fingerprint density at radius 2 is 2.07 bits per heavy atom. The summed E-state index contributed by atoms with van der Waals surface area (Å²) < 4.78 is 28.3. The maximum Gasteiger partial charge on any atom is 0.280 e. The minimum atomic E-state index is -2.70. The van der Waals surface area contributed by atoms with Crippen LogP contribution < -0.4 is 0 Å². The van der Waals surface area contributed by atoms with Crippen LogP contribution in [0.15, 0.2) is 24.5 Å². The van der Waals surface area contributed by atoms with Crippen molar-refractivity contribution >= 4 is 11.7 Å². The highest BCUT2D eigenvalue weighted by Gasteiger charge is 2.33. The van der Waals surface area contributed by atoms with Crippen molar-refractivity contribution in [2.75, 3.05) is 13.1 Å². The second kappa shape index (κ2) is 8.04. The molecule has 1 aliphatic heterocycles. The van der Waals surface area contributed by atoms with Gasteiger partial charge in [-0.2, -0.15) is 10.1 Å². The molecule has 30 heavy (non-hydrogen) atoms. The Morgan fingerprint density at radius 3 is 2.80 bits per heavy atom. The van der Waals surface area contributed by atoms with E-state index in [1.165, 1.54) is 16.9 Å². The van der Waals surface area contributed by atoms with Crippen molar-refractivity contribution in [1.29, 1.82) is 0 Å². The molecule has 0 unspecified atom stereocenters. The van der Waals surface area contributed by atoms with Gasteiger partial charge in [-0.3, -0.25) is 9.78 Å². The number of hydrogen-bond donors (Lipinski definition) is 0. The number of nitrogens with zero attached hydrogens (tertiary/aromatic N) is 6. The lowest BCUT2D eigenvalue weighted by Gasteiger charge is -2.37. The van der Waals surface area contributed by atoms with Crippen molar-refractivity contribution in [3.8, 4) is 0 Å². The fourth-order valence-corrected chi connectivity index (χ4v) is 4.09.